The van der Waals surface area contributed by atoms with E-state index in [4.69, 9.17) is 41.9 Å². The van der Waals surface area contributed by atoms with E-state index >= 15 is 0 Å². The van der Waals surface area contributed by atoms with Crippen molar-refractivity contribution >= 4 is 70.0 Å². The average Bonchev–Trinajstić information content (AvgIpc) is 0.889. The van der Waals surface area contributed by atoms with Crippen molar-refractivity contribution in [1.29, 1.82) is 0 Å². The van der Waals surface area contributed by atoms with Crippen molar-refractivity contribution in [1.82, 2.24) is 44.9 Å². The highest BCUT2D eigenvalue weighted by atomic mass is 16.5. The van der Waals surface area contributed by atoms with Crippen LogP contribution in [-0.4, -0.2) is 92.1 Å². The number of nitrogens with zero attached hydrogens (tertiary/aromatic N) is 9. The first-order chi connectivity index (χ1) is 50.5. The van der Waals surface area contributed by atoms with E-state index in [9.17, 15) is 38.4 Å². The molecule has 8 aromatic heterocycles. The van der Waals surface area contributed by atoms with E-state index in [-0.39, 0.29) is 78.0 Å². The minimum absolute atomic E-state index is 0.219. The van der Waals surface area contributed by atoms with Crippen molar-refractivity contribution in [2.75, 3.05) is 21.3 Å². The smallest absolute Gasteiger partial charge is 0.274 e. The van der Waals surface area contributed by atoms with Crippen molar-refractivity contribution in [3.05, 3.63) is 330 Å². The molecule has 0 aliphatic heterocycles. The van der Waals surface area contributed by atoms with Gasteiger partial charge in [-0.25, -0.2) is 9.97 Å². The van der Waals surface area contributed by atoms with E-state index in [2.05, 4.69) is 66.1 Å². The number of rotatable bonds is 24. The summed E-state index contributed by atoms with van der Waals surface area (Å²) in [6, 6.07) is 48.5. The molecule has 0 fully saturated rings. The molecule has 0 unspecified atom stereocenters. The lowest BCUT2D eigenvalue weighted by molar-refractivity contribution is 0.0991. The van der Waals surface area contributed by atoms with Crippen molar-refractivity contribution in [3.63, 3.8) is 0 Å². The Labute approximate surface area is 593 Å². The van der Waals surface area contributed by atoms with E-state index in [0.29, 0.717) is 62.6 Å². The first-order valence-electron chi connectivity index (χ1n) is 31.1. The van der Waals surface area contributed by atoms with E-state index in [1.54, 1.807) is 116 Å². The van der Waals surface area contributed by atoms with Crippen LogP contribution in [0.2, 0.25) is 0 Å². The number of amides is 8. The summed E-state index contributed by atoms with van der Waals surface area (Å²) < 4.78 is 22.5. The molecule has 0 aliphatic carbocycles. The van der Waals surface area contributed by atoms with Crippen LogP contribution in [0, 0.1) is 0 Å². The molecule has 0 bridgehead atoms. The minimum Gasteiger partial charge on any atom is -0.487 e. The zero-order valence-corrected chi connectivity index (χ0v) is 54.9. The van der Waals surface area contributed by atoms with Crippen LogP contribution in [0.1, 0.15) is 105 Å². The Hall–Kier alpha value is -15.0. The number of primary amides is 4. The third kappa shape index (κ3) is 23.6. The number of pyridine rings is 7. The summed E-state index contributed by atoms with van der Waals surface area (Å²) in [5.74, 6) is -1.62. The third-order valence-corrected chi connectivity index (χ3v) is 13.9. The molecule has 0 saturated heterocycles. The molecule has 29 heteroatoms. The maximum Gasteiger partial charge on any atom is 0.274 e. The molecule has 4 aromatic carbocycles. The maximum absolute atomic E-state index is 12.2. The second kappa shape index (κ2) is 37.6. The molecule has 0 spiro atoms. The van der Waals surface area contributed by atoms with Crippen LogP contribution in [0.3, 0.4) is 0 Å². The van der Waals surface area contributed by atoms with Gasteiger partial charge in [0.2, 0.25) is 23.6 Å². The fourth-order valence-corrected chi connectivity index (χ4v) is 8.87. The highest BCUT2D eigenvalue weighted by molar-refractivity contribution is 6.05. The molecule has 12 N–H and O–H groups in total. The SMILES string of the molecule is NC(=O)c1cncc(OCc2cccc(NC(=O)c3ccccn3)c2)c1.NC(=O)c1cncc(OCc2cccc(NC(=O)c3cccnc3)c2)c1.NC(=O)c1cncc(OCc2cccc(NC(=O)c3ccncc3)c2)c1.NC(=O)c1cncc(OCc2cccc(NC(=O)c3ccncn3)c2)c1. The lowest BCUT2D eigenvalue weighted by Gasteiger charge is -2.09. The van der Waals surface area contributed by atoms with E-state index in [1.165, 1.54) is 98.6 Å². The average molecular weight is 1390 g/mol. The van der Waals surface area contributed by atoms with Crippen LogP contribution in [-0.2, 0) is 26.4 Å². The molecule has 8 amide bonds. The molecule has 0 saturated carbocycles. The minimum atomic E-state index is -0.572. The van der Waals surface area contributed by atoms with Crippen molar-refractivity contribution < 1.29 is 57.3 Å². The normalized spacial score (nSPS) is 10.2. The summed E-state index contributed by atoms with van der Waals surface area (Å²) in [5.41, 5.74) is 29.5. The van der Waals surface area contributed by atoms with Gasteiger partial charge in [-0.2, -0.15) is 0 Å². The zero-order chi connectivity index (χ0) is 73.4. The molecule has 0 atom stereocenters. The number of aromatic nitrogens is 9. The number of hydrogen-bond acceptors (Lipinski definition) is 21. The van der Waals surface area contributed by atoms with Crippen LogP contribution >= 0.6 is 0 Å². The Morgan fingerprint density at radius 1 is 0.279 bits per heavy atom. The van der Waals surface area contributed by atoms with Crippen molar-refractivity contribution in [2.24, 2.45) is 22.9 Å². The van der Waals surface area contributed by atoms with Gasteiger partial charge in [-0.3, -0.25) is 73.2 Å². The number of ether oxygens (including phenoxy) is 4. The lowest BCUT2D eigenvalue weighted by atomic mass is 10.2. The quantitative estimate of drug-likeness (QED) is 0.0279. The molecule has 12 aromatic rings. The van der Waals surface area contributed by atoms with E-state index in [0.717, 1.165) is 22.3 Å². The largest absolute Gasteiger partial charge is 0.487 e. The highest BCUT2D eigenvalue weighted by Crippen LogP contribution is 2.22. The molecular formula is C75H63N17O12. The first-order valence-corrected chi connectivity index (χ1v) is 31.1. The Kier molecular flexibility index (Phi) is 26.5. The Morgan fingerprint density at radius 2 is 0.635 bits per heavy atom. The standard InChI is InChI=1S/3C19H16N4O3.C18H15N5O3/c20-18(24)15-8-17(11-22-10-15)26-12-13-3-1-5-16(7-13)23-19(25)14-4-2-6-21-9-14;20-18(24)14-9-16(11-21-10-14)26-12-13-4-3-5-15(8-13)23-19(25)17-6-1-2-7-22-17;20-18(24)15-9-17(11-22-10-15)26-12-13-2-1-3-16(8-13)23-19(25)14-4-6-21-7-5-14;19-17(24)13-7-15(9-21-8-13)26-10-12-2-1-3-14(6-12)23-18(25)16-4-5-20-11-22-16/h3*1-11H,12H2,(H2,20,24)(H,23,25);1-9,11H,10H2,(H2,19,24)(H,23,25). The van der Waals surface area contributed by atoms with Crippen LogP contribution in [0.25, 0.3) is 0 Å². The molecule has 0 aliphatic rings. The number of benzene rings is 4. The molecule has 0 radical (unpaired) electrons. The summed E-state index contributed by atoms with van der Waals surface area (Å²) in [5, 5.41) is 11.2. The lowest BCUT2D eigenvalue weighted by Crippen LogP contribution is -2.13. The van der Waals surface area contributed by atoms with Gasteiger partial charge in [-0.15, -0.1) is 0 Å². The van der Waals surface area contributed by atoms with Gasteiger partial charge in [0, 0.05) is 90.3 Å². The summed E-state index contributed by atoms with van der Waals surface area (Å²) in [6.45, 7) is 0.988. The topological polar surface area (TPSA) is 442 Å². The first kappa shape index (κ1) is 73.2. The predicted molar refractivity (Wildman–Crippen MR) is 381 cm³/mol. The number of nitrogens with one attached hydrogen (secondary N) is 4. The number of anilines is 4. The van der Waals surface area contributed by atoms with Gasteiger partial charge in [0.25, 0.3) is 23.6 Å². The summed E-state index contributed by atoms with van der Waals surface area (Å²) in [4.78, 5) is 129. The third-order valence-electron chi connectivity index (χ3n) is 13.9. The summed E-state index contributed by atoms with van der Waals surface area (Å²) in [7, 11) is 0. The molecule has 520 valence electrons. The number of hydrogen-bond donors (Lipinski definition) is 8. The summed E-state index contributed by atoms with van der Waals surface area (Å²) >= 11 is 0. The molecule has 29 nitrogen and oxygen atoms in total. The van der Waals surface area contributed by atoms with Crippen molar-refractivity contribution in [3.8, 4) is 23.0 Å². The van der Waals surface area contributed by atoms with Gasteiger partial charge in [0.1, 0.15) is 67.1 Å². The zero-order valence-electron chi connectivity index (χ0n) is 54.9. The second-order valence-corrected chi connectivity index (χ2v) is 21.7. The monoisotopic (exact) mass is 1390 g/mol. The number of carbonyl (C=O) groups is 8. The second-order valence-electron chi connectivity index (χ2n) is 21.7. The van der Waals surface area contributed by atoms with Gasteiger partial charge >= 0.3 is 0 Å². The predicted octanol–water partition coefficient (Wildman–Crippen LogP) is 9.02. The van der Waals surface area contributed by atoms with Gasteiger partial charge < -0.3 is 63.1 Å². The van der Waals surface area contributed by atoms with Crippen LogP contribution < -0.4 is 63.1 Å². The Morgan fingerprint density at radius 3 is 0.971 bits per heavy atom. The van der Waals surface area contributed by atoms with Gasteiger partial charge in [0.15, 0.2) is 0 Å². The number of carbonyl (C=O) groups excluding carboxylic acids is 8. The molecule has 104 heavy (non-hydrogen) atoms. The molecule has 8 heterocycles. The van der Waals surface area contributed by atoms with Gasteiger partial charge in [0.05, 0.1) is 52.6 Å². The van der Waals surface area contributed by atoms with Crippen molar-refractivity contribution in [2.45, 2.75) is 26.4 Å². The van der Waals surface area contributed by atoms with Gasteiger partial charge in [-0.1, -0.05) is 54.6 Å². The van der Waals surface area contributed by atoms with Gasteiger partial charge in [-0.05, 0) is 138 Å². The summed E-state index contributed by atoms with van der Waals surface area (Å²) in [6.07, 6.45) is 22.1. The van der Waals surface area contributed by atoms with Crippen LogP contribution in [0.15, 0.2) is 263 Å². The molecular weight excluding hydrogens is 1330 g/mol. The van der Waals surface area contributed by atoms with Crippen LogP contribution in [0.5, 0.6) is 23.0 Å². The Balaban J connectivity index is 0.000000161. The fourth-order valence-electron chi connectivity index (χ4n) is 8.87. The van der Waals surface area contributed by atoms with Crippen LogP contribution in [0.4, 0.5) is 22.7 Å². The molecule has 12 rings (SSSR count). The number of nitrogens with two attached hydrogens (primary N) is 4. The fraction of sp³-hybridized carbons (Fsp3) is 0.0533. The maximum atomic E-state index is 12.2. The van der Waals surface area contributed by atoms with E-state index < -0.39 is 23.6 Å². The Bertz CT molecular complexity index is 4340. The van der Waals surface area contributed by atoms with E-state index in [1.807, 2.05) is 48.5 Å². The highest BCUT2D eigenvalue weighted by Gasteiger charge is 2.14.